The fraction of sp³-hybridized carbons (Fsp3) is 0.400. The van der Waals surface area contributed by atoms with Crippen molar-refractivity contribution < 1.29 is 8.42 Å². The van der Waals surface area contributed by atoms with Crippen molar-refractivity contribution in [2.24, 2.45) is 0 Å². The molecule has 1 saturated heterocycles. The summed E-state index contributed by atoms with van der Waals surface area (Å²) in [5, 5.41) is 14.1. The van der Waals surface area contributed by atoms with Crippen molar-refractivity contribution in [1.82, 2.24) is 15.2 Å². The van der Waals surface area contributed by atoms with Gasteiger partial charge in [0.1, 0.15) is 0 Å². The molecule has 1 atom stereocenters. The molecule has 0 radical (unpaired) electrons. The Bertz CT molecular complexity index is 807. The molecule has 2 heterocycles. The van der Waals surface area contributed by atoms with Gasteiger partial charge in [0.25, 0.3) is 0 Å². The van der Waals surface area contributed by atoms with Crippen molar-refractivity contribution in [1.29, 1.82) is 0 Å². The van der Waals surface area contributed by atoms with Gasteiger partial charge >= 0.3 is 0 Å². The van der Waals surface area contributed by atoms with Crippen molar-refractivity contribution >= 4 is 33.0 Å². The van der Waals surface area contributed by atoms with Crippen LogP contribution < -0.4 is 15.5 Å². The van der Waals surface area contributed by atoms with Crippen LogP contribution in [0.1, 0.15) is 6.42 Å². The molecule has 8 nitrogen and oxygen atoms in total. The number of nitrogens with zero attached hydrogens (tertiary/aromatic N) is 4. The van der Waals surface area contributed by atoms with E-state index in [1.165, 1.54) is 6.20 Å². The van der Waals surface area contributed by atoms with Gasteiger partial charge in [-0.05, 0) is 30.7 Å². The molecule has 2 aromatic rings. The Kier molecular flexibility index (Phi) is 4.52. The SMILES string of the molecule is CN(C)c1ccc(Nc2nncc(NC3CCS(=O)(=O)C3)n2)cc1. The lowest BCUT2D eigenvalue weighted by Gasteiger charge is -2.13. The predicted octanol–water partition coefficient (Wildman–Crippen LogP) is 1.28. The molecule has 128 valence electrons. The van der Waals surface area contributed by atoms with E-state index in [1.807, 2.05) is 43.3 Å². The highest BCUT2D eigenvalue weighted by Gasteiger charge is 2.28. The maximum Gasteiger partial charge on any atom is 0.249 e. The number of rotatable bonds is 5. The molecule has 0 aliphatic carbocycles. The van der Waals surface area contributed by atoms with E-state index in [0.717, 1.165) is 11.4 Å². The topological polar surface area (TPSA) is 100 Å². The minimum atomic E-state index is -2.93. The number of nitrogens with one attached hydrogen (secondary N) is 2. The first-order chi connectivity index (χ1) is 11.4. The molecule has 1 unspecified atom stereocenters. The average Bonchev–Trinajstić information content (AvgIpc) is 2.87. The lowest BCUT2D eigenvalue weighted by Crippen LogP contribution is -2.21. The normalized spacial score (nSPS) is 19.0. The first-order valence-electron chi connectivity index (χ1n) is 7.62. The molecular weight excluding hydrogens is 328 g/mol. The summed E-state index contributed by atoms with van der Waals surface area (Å²) in [6.07, 6.45) is 2.08. The van der Waals surface area contributed by atoms with Gasteiger partial charge in [0, 0.05) is 31.5 Å². The van der Waals surface area contributed by atoms with Crippen LogP contribution in [0.5, 0.6) is 0 Å². The Balaban J connectivity index is 1.67. The van der Waals surface area contributed by atoms with E-state index in [-0.39, 0.29) is 17.5 Å². The first kappa shape index (κ1) is 16.4. The van der Waals surface area contributed by atoms with Crippen molar-refractivity contribution in [2.75, 3.05) is 41.1 Å². The Hall–Kier alpha value is -2.42. The van der Waals surface area contributed by atoms with Crippen LogP contribution in [-0.2, 0) is 9.84 Å². The summed E-state index contributed by atoms with van der Waals surface area (Å²) in [4.78, 5) is 6.35. The van der Waals surface area contributed by atoms with Gasteiger partial charge < -0.3 is 15.5 Å². The summed E-state index contributed by atoms with van der Waals surface area (Å²) in [6.45, 7) is 0. The van der Waals surface area contributed by atoms with Crippen LogP contribution in [0.3, 0.4) is 0 Å². The lowest BCUT2D eigenvalue weighted by molar-refractivity contribution is 0.602. The number of aromatic nitrogens is 3. The quantitative estimate of drug-likeness (QED) is 0.833. The van der Waals surface area contributed by atoms with E-state index in [9.17, 15) is 8.42 Å². The molecule has 1 aliphatic rings. The Morgan fingerprint density at radius 2 is 1.96 bits per heavy atom. The van der Waals surface area contributed by atoms with Gasteiger partial charge in [-0.25, -0.2) is 8.42 Å². The predicted molar refractivity (Wildman–Crippen MR) is 94.6 cm³/mol. The van der Waals surface area contributed by atoms with E-state index in [2.05, 4.69) is 25.8 Å². The molecule has 1 aliphatic heterocycles. The maximum atomic E-state index is 11.5. The van der Waals surface area contributed by atoms with Crippen LogP contribution in [0, 0.1) is 0 Å². The molecule has 0 spiro atoms. The van der Waals surface area contributed by atoms with Crippen LogP contribution in [0.25, 0.3) is 0 Å². The Labute approximate surface area is 141 Å². The summed E-state index contributed by atoms with van der Waals surface area (Å²) < 4.78 is 23.0. The average molecular weight is 348 g/mol. The number of hydrogen-bond acceptors (Lipinski definition) is 8. The van der Waals surface area contributed by atoms with Crippen LogP contribution in [-0.4, -0.2) is 55.2 Å². The largest absolute Gasteiger partial charge is 0.378 e. The fourth-order valence-corrected chi connectivity index (χ4v) is 4.19. The van der Waals surface area contributed by atoms with Gasteiger partial charge in [0.2, 0.25) is 5.95 Å². The van der Waals surface area contributed by atoms with E-state index in [4.69, 9.17) is 0 Å². The van der Waals surface area contributed by atoms with Gasteiger partial charge in [0.15, 0.2) is 15.7 Å². The zero-order valence-corrected chi connectivity index (χ0v) is 14.4. The molecule has 9 heteroatoms. The number of anilines is 4. The molecule has 1 aromatic carbocycles. The highest BCUT2D eigenvalue weighted by atomic mass is 32.2. The van der Waals surface area contributed by atoms with Crippen molar-refractivity contribution in [3.05, 3.63) is 30.5 Å². The summed E-state index contributed by atoms with van der Waals surface area (Å²) in [5.41, 5.74) is 1.94. The third-order valence-electron chi connectivity index (χ3n) is 3.78. The first-order valence-corrected chi connectivity index (χ1v) is 9.44. The van der Waals surface area contributed by atoms with Crippen LogP contribution in [0.4, 0.5) is 23.1 Å². The van der Waals surface area contributed by atoms with Crippen molar-refractivity contribution in [3.8, 4) is 0 Å². The molecule has 1 fully saturated rings. The van der Waals surface area contributed by atoms with Gasteiger partial charge in [-0.2, -0.15) is 10.1 Å². The van der Waals surface area contributed by atoms with Crippen LogP contribution in [0.15, 0.2) is 30.5 Å². The summed E-state index contributed by atoms with van der Waals surface area (Å²) >= 11 is 0. The molecule has 0 saturated carbocycles. The second-order valence-electron chi connectivity index (χ2n) is 5.98. The third kappa shape index (κ3) is 4.10. The molecule has 0 amide bonds. The van der Waals surface area contributed by atoms with E-state index < -0.39 is 9.84 Å². The smallest absolute Gasteiger partial charge is 0.249 e. The molecule has 0 bridgehead atoms. The molecule has 24 heavy (non-hydrogen) atoms. The van der Waals surface area contributed by atoms with Crippen molar-refractivity contribution in [2.45, 2.75) is 12.5 Å². The Morgan fingerprint density at radius 1 is 1.21 bits per heavy atom. The van der Waals surface area contributed by atoms with E-state index >= 15 is 0 Å². The summed E-state index contributed by atoms with van der Waals surface area (Å²) in [6, 6.07) is 7.71. The zero-order valence-electron chi connectivity index (χ0n) is 13.6. The molecule has 3 rings (SSSR count). The second kappa shape index (κ2) is 6.60. The maximum absolute atomic E-state index is 11.5. The van der Waals surface area contributed by atoms with Gasteiger partial charge in [-0.15, -0.1) is 5.10 Å². The van der Waals surface area contributed by atoms with Gasteiger partial charge in [0.05, 0.1) is 17.7 Å². The number of sulfone groups is 1. The highest BCUT2D eigenvalue weighted by molar-refractivity contribution is 7.91. The number of hydrogen-bond donors (Lipinski definition) is 2. The molecule has 1 aromatic heterocycles. The van der Waals surface area contributed by atoms with Crippen LogP contribution >= 0.6 is 0 Å². The van der Waals surface area contributed by atoms with Gasteiger partial charge in [-0.1, -0.05) is 0 Å². The van der Waals surface area contributed by atoms with E-state index in [0.29, 0.717) is 18.2 Å². The Morgan fingerprint density at radius 3 is 2.58 bits per heavy atom. The second-order valence-corrected chi connectivity index (χ2v) is 8.20. The molecular formula is C15H20N6O2S. The monoisotopic (exact) mass is 348 g/mol. The minimum absolute atomic E-state index is 0.126. The zero-order chi connectivity index (χ0) is 17.2. The minimum Gasteiger partial charge on any atom is -0.378 e. The van der Waals surface area contributed by atoms with Gasteiger partial charge in [-0.3, -0.25) is 0 Å². The summed E-state index contributed by atoms with van der Waals surface area (Å²) in [7, 11) is 1.03. The number of benzene rings is 1. The summed E-state index contributed by atoms with van der Waals surface area (Å²) in [5.74, 6) is 1.22. The van der Waals surface area contributed by atoms with E-state index in [1.54, 1.807) is 0 Å². The van der Waals surface area contributed by atoms with Crippen molar-refractivity contribution in [3.63, 3.8) is 0 Å². The lowest BCUT2D eigenvalue weighted by atomic mass is 10.2. The van der Waals surface area contributed by atoms with Crippen LogP contribution in [0.2, 0.25) is 0 Å². The fourth-order valence-electron chi connectivity index (χ4n) is 2.52. The standard InChI is InChI=1S/C15H20N6O2S/c1-21(2)13-5-3-11(4-6-13)18-15-19-14(9-16-20-15)17-12-7-8-24(22,23)10-12/h3-6,9,12H,7-8,10H2,1-2H3,(H2,17,18,19,20). The molecule has 2 N–H and O–H groups in total. The third-order valence-corrected chi connectivity index (χ3v) is 5.55. The highest BCUT2D eigenvalue weighted by Crippen LogP contribution is 2.19.